The Labute approximate surface area is 113 Å². The van der Waals surface area contributed by atoms with Crippen molar-refractivity contribution in [2.24, 2.45) is 5.92 Å². The Hall–Kier alpha value is -1.84. The predicted molar refractivity (Wildman–Crippen MR) is 73.5 cm³/mol. The van der Waals surface area contributed by atoms with E-state index in [1.807, 2.05) is 25.1 Å². The molecule has 2 amide bonds. The van der Waals surface area contributed by atoms with Crippen LogP contribution in [0.5, 0.6) is 0 Å². The van der Waals surface area contributed by atoms with Crippen molar-refractivity contribution < 1.29 is 9.59 Å². The quantitative estimate of drug-likeness (QED) is 0.837. The lowest BCUT2D eigenvalue weighted by molar-refractivity contribution is -0.127. The molecule has 0 spiro atoms. The second-order valence-electron chi connectivity index (χ2n) is 5.14. The topological polar surface area (TPSA) is 58.2 Å². The minimum Gasteiger partial charge on any atom is -0.355 e. The molecule has 1 aliphatic rings. The number of amides is 2. The lowest BCUT2D eigenvalue weighted by atomic mass is 10.0. The first-order chi connectivity index (χ1) is 9.15. The first-order valence-corrected chi connectivity index (χ1v) is 6.76. The Morgan fingerprint density at radius 3 is 2.79 bits per heavy atom. The molecule has 2 N–H and O–H groups in total. The molecular formula is C15H20N2O2. The fraction of sp³-hybridized carbons (Fsp3) is 0.467. The molecule has 4 nitrogen and oxygen atoms in total. The van der Waals surface area contributed by atoms with Crippen LogP contribution in [0.2, 0.25) is 0 Å². The number of hydrogen-bond donors (Lipinski definition) is 2. The Kier molecular flexibility index (Phi) is 4.55. The van der Waals surface area contributed by atoms with Crippen molar-refractivity contribution in [3.05, 3.63) is 35.9 Å². The van der Waals surface area contributed by atoms with E-state index in [9.17, 15) is 9.59 Å². The third kappa shape index (κ3) is 4.09. The van der Waals surface area contributed by atoms with Crippen molar-refractivity contribution in [1.82, 2.24) is 10.6 Å². The van der Waals surface area contributed by atoms with Gasteiger partial charge in [0.15, 0.2) is 0 Å². The standard InChI is InChI=1S/C15H20N2O2/c1-11(7-8-12-5-3-2-4-6-12)17-15(19)13-9-14(18)16-10-13/h2-6,11,13H,7-10H2,1H3,(H,16,18)(H,17,19). The molecule has 1 aliphatic heterocycles. The van der Waals surface area contributed by atoms with Crippen LogP contribution in [-0.4, -0.2) is 24.4 Å². The number of aryl methyl sites for hydroxylation is 1. The number of benzene rings is 1. The Morgan fingerprint density at radius 2 is 2.16 bits per heavy atom. The number of carbonyl (C=O) groups excluding carboxylic acids is 2. The Morgan fingerprint density at radius 1 is 1.42 bits per heavy atom. The average molecular weight is 260 g/mol. The Balaban J connectivity index is 1.73. The lowest BCUT2D eigenvalue weighted by Crippen LogP contribution is -2.38. The Bertz CT molecular complexity index is 445. The van der Waals surface area contributed by atoms with Gasteiger partial charge in [-0.15, -0.1) is 0 Å². The first-order valence-electron chi connectivity index (χ1n) is 6.76. The smallest absolute Gasteiger partial charge is 0.225 e. The molecule has 0 saturated carbocycles. The van der Waals surface area contributed by atoms with Crippen LogP contribution in [0.4, 0.5) is 0 Å². The van der Waals surface area contributed by atoms with Crippen molar-refractivity contribution in [3.8, 4) is 0 Å². The van der Waals surface area contributed by atoms with Crippen LogP contribution in [0.15, 0.2) is 30.3 Å². The number of hydrogen-bond acceptors (Lipinski definition) is 2. The molecular weight excluding hydrogens is 240 g/mol. The maximum atomic E-state index is 11.9. The van der Waals surface area contributed by atoms with Crippen molar-refractivity contribution >= 4 is 11.8 Å². The highest BCUT2D eigenvalue weighted by Gasteiger charge is 2.28. The molecule has 2 atom stereocenters. The van der Waals surface area contributed by atoms with Gasteiger partial charge in [0.25, 0.3) is 0 Å². The molecule has 4 heteroatoms. The SMILES string of the molecule is CC(CCc1ccccc1)NC(=O)C1CNC(=O)C1. The van der Waals surface area contributed by atoms with Crippen LogP contribution in [0.3, 0.4) is 0 Å². The molecule has 0 bridgehead atoms. The second kappa shape index (κ2) is 6.36. The summed E-state index contributed by atoms with van der Waals surface area (Å²) in [4.78, 5) is 23.0. The summed E-state index contributed by atoms with van der Waals surface area (Å²) in [5.74, 6) is -0.248. The van der Waals surface area contributed by atoms with Crippen molar-refractivity contribution in [2.45, 2.75) is 32.2 Å². The fourth-order valence-electron chi connectivity index (χ4n) is 2.25. The molecule has 1 aromatic carbocycles. The molecule has 0 radical (unpaired) electrons. The molecule has 1 saturated heterocycles. The number of nitrogens with one attached hydrogen (secondary N) is 2. The zero-order valence-electron chi connectivity index (χ0n) is 11.2. The van der Waals surface area contributed by atoms with E-state index in [-0.39, 0.29) is 23.8 Å². The normalized spacial score (nSPS) is 19.8. The molecule has 2 rings (SSSR count). The van der Waals surface area contributed by atoms with E-state index >= 15 is 0 Å². The summed E-state index contributed by atoms with van der Waals surface area (Å²) in [6.07, 6.45) is 2.17. The molecule has 0 aromatic heterocycles. The van der Waals surface area contributed by atoms with Crippen molar-refractivity contribution in [2.75, 3.05) is 6.54 Å². The summed E-state index contributed by atoms with van der Waals surface area (Å²) in [5, 5.41) is 5.66. The summed E-state index contributed by atoms with van der Waals surface area (Å²) in [7, 11) is 0. The molecule has 102 valence electrons. The van der Waals surface area contributed by atoms with Gasteiger partial charge in [0.1, 0.15) is 0 Å². The van der Waals surface area contributed by atoms with Gasteiger partial charge < -0.3 is 10.6 Å². The molecule has 0 aliphatic carbocycles. The number of carbonyl (C=O) groups is 2. The van der Waals surface area contributed by atoms with Gasteiger partial charge in [-0.3, -0.25) is 9.59 Å². The average Bonchev–Trinajstić information content (AvgIpc) is 2.84. The van der Waals surface area contributed by atoms with Crippen LogP contribution >= 0.6 is 0 Å². The van der Waals surface area contributed by atoms with Gasteiger partial charge in [-0.05, 0) is 25.3 Å². The van der Waals surface area contributed by atoms with E-state index < -0.39 is 0 Å². The second-order valence-corrected chi connectivity index (χ2v) is 5.14. The third-order valence-corrected chi connectivity index (χ3v) is 3.45. The summed E-state index contributed by atoms with van der Waals surface area (Å²) < 4.78 is 0. The largest absolute Gasteiger partial charge is 0.355 e. The van der Waals surface area contributed by atoms with E-state index in [1.54, 1.807) is 0 Å². The molecule has 1 fully saturated rings. The molecule has 1 heterocycles. The zero-order valence-corrected chi connectivity index (χ0v) is 11.2. The summed E-state index contributed by atoms with van der Waals surface area (Å²) in [6.45, 7) is 2.47. The van der Waals surface area contributed by atoms with E-state index in [0.29, 0.717) is 13.0 Å². The minimum atomic E-state index is -0.202. The van der Waals surface area contributed by atoms with Crippen LogP contribution in [0.1, 0.15) is 25.3 Å². The van der Waals surface area contributed by atoms with E-state index in [1.165, 1.54) is 5.56 Å². The number of rotatable bonds is 5. The molecule has 19 heavy (non-hydrogen) atoms. The lowest BCUT2D eigenvalue weighted by Gasteiger charge is -2.16. The van der Waals surface area contributed by atoms with Crippen LogP contribution < -0.4 is 10.6 Å². The van der Waals surface area contributed by atoms with Gasteiger partial charge in [-0.25, -0.2) is 0 Å². The van der Waals surface area contributed by atoms with E-state index in [0.717, 1.165) is 12.8 Å². The highest BCUT2D eigenvalue weighted by atomic mass is 16.2. The van der Waals surface area contributed by atoms with Gasteiger partial charge in [0.05, 0.1) is 5.92 Å². The summed E-state index contributed by atoms with van der Waals surface area (Å²) >= 11 is 0. The fourth-order valence-corrected chi connectivity index (χ4v) is 2.25. The van der Waals surface area contributed by atoms with Crippen molar-refractivity contribution in [1.29, 1.82) is 0 Å². The van der Waals surface area contributed by atoms with Gasteiger partial charge >= 0.3 is 0 Å². The minimum absolute atomic E-state index is 0.0149. The van der Waals surface area contributed by atoms with E-state index in [4.69, 9.17) is 0 Å². The highest BCUT2D eigenvalue weighted by Crippen LogP contribution is 2.10. The van der Waals surface area contributed by atoms with Crippen LogP contribution in [0.25, 0.3) is 0 Å². The highest BCUT2D eigenvalue weighted by molar-refractivity contribution is 5.89. The third-order valence-electron chi connectivity index (χ3n) is 3.45. The first kappa shape index (κ1) is 13.6. The van der Waals surface area contributed by atoms with Crippen LogP contribution in [0, 0.1) is 5.92 Å². The zero-order chi connectivity index (χ0) is 13.7. The maximum Gasteiger partial charge on any atom is 0.225 e. The van der Waals surface area contributed by atoms with Gasteiger partial charge in [0.2, 0.25) is 11.8 Å². The monoisotopic (exact) mass is 260 g/mol. The predicted octanol–water partition coefficient (Wildman–Crippen LogP) is 1.26. The molecule has 2 unspecified atom stereocenters. The maximum absolute atomic E-state index is 11.9. The summed E-state index contributed by atoms with van der Waals surface area (Å²) in [5.41, 5.74) is 1.28. The van der Waals surface area contributed by atoms with Crippen molar-refractivity contribution in [3.63, 3.8) is 0 Å². The van der Waals surface area contributed by atoms with Crippen LogP contribution in [-0.2, 0) is 16.0 Å². The van der Waals surface area contributed by atoms with Gasteiger partial charge in [-0.1, -0.05) is 30.3 Å². The van der Waals surface area contributed by atoms with Gasteiger partial charge in [0, 0.05) is 19.0 Å². The van der Waals surface area contributed by atoms with Gasteiger partial charge in [-0.2, -0.15) is 0 Å². The van der Waals surface area contributed by atoms with E-state index in [2.05, 4.69) is 22.8 Å². The summed E-state index contributed by atoms with van der Waals surface area (Å²) in [6, 6.07) is 10.4. The molecule has 1 aromatic rings.